The summed E-state index contributed by atoms with van der Waals surface area (Å²) in [6, 6.07) is 19.8. The Hall–Kier alpha value is -3.58. The summed E-state index contributed by atoms with van der Waals surface area (Å²) in [5.74, 6) is 0.960. The Bertz CT molecular complexity index is 1180. The number of fused-ring (bicyclic) bond motifs is 1. The fourth-order valence-electron chi connectivity index (χ4n) is 4.08. The van der Waals surface area contributed by atoms with Crippen molar-refractivity contribution in [3.05, 3.63) is 83.8 Å². The first-order valence-electron chi connectivity index (χ1n) is 10.9. The second-order valence-electron chi connectivity index (χ2n) is 7.97. The maximum Gasteiger partial charge on any atom is 0.227 e. The van der Waals surface area contributed by atoms with Gasteiger partial charge < -0.3 is 19.4 Å². The predicted molar refractivity (Wildman–Crippen MR) is 122 cm³/mol. The minimum Gasteiger partial charge on any atom is -0.493 e. The summed E-state index contributed by atoms with van der Waals surface area (Å²) >= 11 is 0. The van der Waals surface area contributed by atoms with Crippen LogP contribution in [0.15, 0.2) is 66.9 Å². The van der Waals surface area contributed by atoms with E-state index in [1.54, 1.807) is 0 Å². The van der Waals surface area contributed by atoms with Gasteiger partial charge in [-0.2, -0.15) is 5.10 Å². The van der Waals surface area contributed by atoms with Gasteiger partial charge in [-0.05, 0) is 29.8 Å². The lowest BCUT2D eigenvalue weighted by Crippen LogP contribution is -2.43. The Morgan fingerprint density at radius 3 is 2.91 bits per heavy atom. The van der Waals surface area contributed by atoms with Crippen LogP contribution in [0.3, 0.4) is 0 Å². The van der Waals surface area contributed by atoms with Crippen molar-refractivity contribution in [2.45, 2.75) is 18.9 Å². The molecule has 32 heavy (non-hydrogen) atoms. The monoisotopic (exact) mass is 430 g/mol. The molecule has 0 bridgehead atoms. The van der Waals surface area contributed by atoms with Gasteiger partial charge in [0, 0.05) is 35.8 Å². The smallest absolute Gasteiger partial charge is 0.227 e. The van der Waals surface area contributed by atoms with Gasteiger partial charge in [0.2, 0.25) is 5.91 Å². The summed E-state index contributed by atoms with van der Waals surface area (Å²) in [4.78, 5) is 18.1. The Morgan fingerprint density at radius 2 is 2.00 bits per heavy atom. The molecule has 7 heteroatoms. The van der Waals surface area contributed by atoms with Crippen molar-refractivity contribution in [1.82, 2.24) is 20.1 Å². The van der Waals surface area contributed by atoms with Gasteiger partial charge in [0.25, 0.3) is 0 Å². The molecule has 3 heterocycles. The van der Waals surface area contributed by atoms with Crippen LogP contribution < -0.4 is 4.74 Å². The first kappa shape index (κ1) is 20.3. The molecular formula is C25H26N4O3. The number of carbonyl (C=O) groups is 1. The van der Waals surface area contributed by atoms with Gasteiger partial charge >= 0.3 is 0 Å². The van der Waals surface area contributed by atoms with Gasteiger partial charge in [0.1, 0.15) is 11.9 Å². The lowest BCUT2D eigenvalue weighted by molar-refractivity contribution is -0.138. The Balaban J connectivity index is 1.17. The van der Waals surface area contributed by atoms with Gasteiger partial charge in [-0.25, -0.2) is 0 Å². The third kappa shape index (κ3) is 4.53. The highest BCUT2D eigenvalue weighted by molar-refractivity contribution is 5.88. The number of morpholine rings is 1. The molecule has 0 saturated carbocycles. The number of aromatic amines is 2. The van der Waals surface area contributed by atoms with Crippen molar-refractivity contribution in [3.63, 3.8) is 0 Å². The zero-order valence-corrected chi connectivity index (χ0v) is 17.8. The maximum atomic E-state index is 13.0. The normalized spacial score (nSPS) is 16.4. The van der Waals surface area contributed by atoms with E-state index >= 15 is 0 Å². The number of ether oxygens (including phenoxy) is 2. The van der Waals surface area contributed by atoms with E-state index in [1.807, 2.05) is 71.8 Å². The van der Waals surface area contributed by atoms with Crippen molar-refractivity contribution in [2.75, 3.05) is 26.3 Å². The molecular weight excluding hydrogens is 404 g/mol. The molecule has 5 rings (SSSR count). The van der Waals surface area contributed by atoms with Crippen molar-refractivity contribution in [2.24, 2.45) is 0 Å². The third-order valence-corrected chi connectivity index (χ3v) is 5.80. The Kier molecular flexibility index (Phi) is 5.89. The quantitative estimate of drug-likeness (QED) is 0.469. The lowest BCUT2D eigenvalue weighted by atomic mass is 10.1. The fourth-order valence-corrected chi connectivity index (χ4v) is 4.08. The van der Waals surface area contributed by atoms with Crippen LogP contribution in [-0.2, 0) is 22.4 Å². The molecule has 164 valence electrons. The number of amides is 1. The number of para-hydroxylation sites is 2. The molecule has 0 unspecified atom stereocenters. The zero-order chi connectivity index (χ0) is 21.8. The summed E-state index contributed by atoms with van der Waals surface area (Å²) in [5, 5.41) is 8.60. The highest BCUT2D eigenvalue weighted by Gasteiger charge is 2.27. The number of nitrogens with one attached hydrogen (secondary N) is 2. The van der Waals surface area contributed by atoms with Crippen molar-refractivity contribution in [1.29, 1.82) is 0 Å². The Morgan fingerprint density at radius 1 is 1.16 bits per heavy atom. The molecule has 1 amide bonds. The van der Waals surface area contributed by atoms with E-state index in [1.165, 1.54) is 0 Å². The number of carbonyl (C=O) groups excluding carboxylic acids is 1. The maximum absolute atomic E-state index is 13.0. The average molecular weight is 431 g/mol. The molecule has 4 aromatic rings. The third-order valence-electron chi connectivity index (χ3n) is 5.80. The van der Waals surface area contributed by atoms with Gasteiger partial charge in [-0.1, -0.05) is 36.4 Å². The molecule has 0 radical (unpaired) electrons. The van der Waals surface area contributed by atoms with E-state index in [2.05, 4.69) is 15.2 Å². The molecule has 0 spiro atoms. The molecule has 1 atom stereocenters. The molecule has 2 aromatic carbocycles. The van der Waals surface area contributed by atoms with Crippen LogP contribution in [0.25, 0.3) is 10.9 Å². The number of hydrogen-bond acceptors (Lipinski definition) is 4. The predicted octanol–water partition coefficient (Wildman–Crippen LogP) is 3.66. The van der Waals surface area contributed by atoms with E-state index in [9.17, 15) is 4.79 Å². The highest BCUT2D eigenvalue weighted by Crippen LogP contribution is 2.23. The standard InChI is InChI=1S/C25H26N4O3/c30-25(14-18-16-26-22-9-5-4-8-21(18)22)29-11-13-32-24(17-29)23-15-19(27-28-23)10-12-31-20-6-2-1-3-7-20/h1-9,15-16,24,26H,10-14,17H2,(H,27,28)/t24-/m0/s1. The molecule has 1 saturated heterocycles. The second kappa shape index (κ2) is 9.28. The van der Waals surface area contributed by atoms with Crippen LogP contribution in [-0.4, -0.2) is 52.3 Å². The van der Waals surface area contributed by atoms with Gasteiger partial charge in [-0.15, -0.1) is 0 Å². The number of hydrogen-bond donors (Lipinski definition) is 2. The Labute approximate surface area is 186 Å². The van der Waals surface area contributed by atoms with Gasteiger partial charge in [-0.3, -0.25) is 9.89 Å². The van der Waals surface area contributed by atoms with E-state index in [0.29, 0.717) is 32.7 Å². The van der Waals surface area contributed by atoms with Crippen molar-refractivity contribution >= 4 is 16.8 Å². The summed E-state index contributed by atoms with van der Waals surface area (Å²) in [6.45, 7) is 2.17. The van der Waals surface area contributed by atoms with Gasteiger partial charge in [0.05, 0.1) is 31.9 Å². The second-order valence-corrected chi connectivity index (χ2v) is 7.97. The molecule has 7 nitrogen and oxygen atoms in total. The number of aromatic nitrogens is 3. The average Bonchev–Trinajstić information content (AvgIpc) is 3.48. The van der Waals surface area contributed by atoms with E-state index < -0.39 is 0 Å². The van der Waals surface area contributed by atoms with Crippen LogP contribution in [0.5, 0.6) is 5.75 Å². The van der Waals surface area contributed by atoms with Crippen molar-refractivity contribution in [3.8, 4) is 5.75 Å². The van der Waals surface area contributed by atoms with Crippen LogP contribution in [0.2, 0.25) is 0 Å². The molecule has 2 aromatic heterocycles. The summed E-state index contributed by atoms with van der Waals surface area (Å²) in [5.41, 5.74) is 3.88. The molecule has 1 aliphatic rings. The van der Waals surface area contributed by atoms with E-state index in [0.717, 1.165) is 40.0 Å². The number of H-pyrrole nitrogens is 2. The van der Waals surface area contributed by atoms with E-state index in [4.69, 9.17) is 9.47 Å². The van der Waals surface area contributed by atoms with E-state index in [-0.39, 0.29) is 12.0 Å². The minimum absolute atomic E-state index is 0.107. The molecule has 1 aliphatic heterocycles. The number of nitrogens with zero attached hydrogens (tertiary/aromatic N) is 2. The summed E-state index contributed by atoms with van der Waals surface area (Å²) in [6.07, 6.45) is 2.80. The van der Waals surface area contributed by atoms with Crippen LogP contribution in [0.1, 0.15) is 23.1 Å². The number of rotatable bonds is 7. The van der Waals surface area contributed by atoms with Gasteiger partial charge in [0.15, 0.2) is 0 Å². The summed E-state index contributed by atoms with van der Waals surface area (Å²) < 4.78 is 11.7. The topological polar surface area (TPSA) is 83.2 Å². The highest BCUT2D eigenvalue weighted by atomic mass is 16.5. The molecule has 2 N–H and O–H groups in total. The fraction of sp³-hybridized carbons (Fsp3) is 0.280. The largest absolute Gasteiger partial charge is 0.493 e. The lowest BCUT2D eigenvalue weighted by Gasteiger charge is -2.32. The van der Waals surface area contributed by atoms with Crippen LogP contribution in [0.4, 0.5) is 0 Å². The minimum atomic E-state index is -0.226. The molecule has 1 fully saturated rings. The first-order chi connectivity index (χ1) is 15.8. The molecule has 0 aliphatic carbocycles. The van der Waals surface area contributed by atoms with Crippen LogP contribution >= 0.6 is 0 Å². The van der Waals surface area contributed by atoms with Crippen molar-refractivity contribution < 1.29 is 14.3 Å². The zero-order valence-electron chi connectivity index (χ0n) is 17.8. The summed E-state index contributed by atoms with van der Waals surface area (Å²) in [7, 11) is 0. The first-order valence-corrected chi connectivity index (χ1v) is 10.9. The van der Waals surface area contributed by atoms with Crippen LogP contribution in [0, 0.1) is 0 Å². The number of benzene rings is 2. The SMILES string of the molecule is O=C(Cc1c[nH]c2ccccc12)N1CCO[C@H](c2cc(CCOc3ccccc3)[nH]n2)C1.